The maximum absolute atomic E-state index is 13.0. The first-order valence-corrected chi connectivity index (χ1v) is 8.95. The zero-order valence-corrected chi connectivity index (χ0v) is 14.8. The van der Waals surface area contributed by atoms with Crippen LogP contribution in [0.4, 0.5) is 0 Å². The predicted octanol–water partition coefficient (Wildman–Crippen LogP) is 3.41. The van der Waals surface area contributed by atoms with E-state index < -0.39 is 10.0 Å². The molecule has 1 heterocycles. The summed E-state index contributed by atoms with van der Waals surface area (Å²) in [5, 5.41) is 0.647. The van der Waals surface area contributed by atoms with Crippen LogP contribution in [-0.2, 0) is 14.8 Å². The summed E-state index contributed by atoms with van der Waals surface area (Å²) in [6.07, 6.45) is -0.300. The normalized spacial score (nSPS) is 24.3. The summed E-state index contributed by atoms with van der Waals surface area (Å²) in [6.45, 7) is 7.76. The van der Waals surface area contributed by atoms with Gasteiger partial charge < -0.3 is 4.74 Å². The second-order valence-corrected chi connectivity index (χ2v) is 8.18. The molecule has 0 saturated carbocycles. The number of hydrogen-bond donors (Lipinski definition) is 0. The van der Waals surface area contributed by atoms with Crippen molar-refractivity contribution in [2.75, 3.05) is 13.1 Å². The summed E-state index contributed by atoms with van der Waals surface area (Å²) in [5.74, 6) is 0. The van der Waals surface area contributed by atoms with Gasteiger partial charge in [-0.1, -0.05) is 23.2 Å². The Labute approximate surface area is 136 Å². The lowest BCUT2D eigenvalue weighted by Crippen LogP contribution is -2.48. The molecule has 0 aromatic heterocycles. The molecule has 2 unspecified atom stereocenters. The molecule has 0 spiro atoms. The predicted molar refractivity (Wildman–Crippen MR) is 84.7 cm³/mol. The number of halogens is 2. The molecule has 1 aromatic carbocycles. The van der Waals surface area contributed by atoms with Gasteiger partial charge in [-0.25, -0.2) is 8.42 Å². The highest BCUT2D eigenvalue weighted by molar-refractivity contribution is 7.89. The van der Waals surface area contributed by atoms with Crippen LogP contribution in [0.3, 0.4) is 0 Å². The van der Waals surface area contributed by atoms with E-state index in [1.807, 2.05) is 13.8 Å². The maximum atomic E-state index is 13.0. The minimum absolute atomic E-state index is 0.107. The molecule has 1 aliphatic rings. The van der Waals surface area contributed by atoms with Gasteiger partial charge in [0.05, 0.1) is 17.2 Å². The lowest BCUT2D eigenvalue weighted by Gasteiger charge is -2.35. The Bertz CT molecular complexity index is 624. The monoisotopic (exact) mass is 351 g/mol. The van der Waals surface area contributed by atoms with Crippen LogP contribution in [0.15, 0.2) is 11.0 Å². The van der Waals surface area contributed by atoms with Crippen LogP contribution in [0.1, 0.15) is 25.0 Å². The first kappa shape index (κ1) is 17.0. The van der Waals surface area contributed by atoms with Crippen molar-refractivity contribution in [2.45, 2.75) is 44.8 Å². The number of aryl methyl sites for hydroxylation is 1. The Kier molecular flexibility index (Phi) is 4.90. The molecule has 7 heteroatoms. The lowest BCUT2D eigenvalue weighted by molar-refractivity contribution is -0.0440. The summed E-state index contributed by atoms with van der Waals surface area (Å²) in [7, 11) is -3.70. The van der Waals surface area contributed by atoms with Crippen molar-refractivity contribution < 1.29 is 13.2 Å². The van der Waals surface area contributed by atoms with E-state index in [9.17, 15) is 8.42 Å². The average molecular weight is 352 g/mol. The number of rotatable bonds is 2. The van der Waals surface area contributed by atoms with Gasteiger partial charge in [0, 0.05) is 18.1 Å². The van der Waals surface area contributed by atoms with E-state index in [4.69, 9.17) is 27.9 Å². The number of hydrogen-bond acceptors (Lipinski definition) is 3. The van der Waals surface area contributed by atoms with Crippen molar-refractivity contribution in [1.82, 2.24) is 4.31 Å². The van der Waals surface area contributed by atoms with Crippen molar-refractivity contribution in [1.29, 1.82) is 0 Å². The van der Waals surface area contributed by atoms with E-state index in [2.05, 4.69) is 0 Å². The highest BCUT2D eigenvalue weighted by Crippen LogP contribution is 2.35. The van der Waals surface area contributed by atoms with Crippen molar-refractivity contribution in [3.8, 4) is 0 Å². The van der Waals surface area contributed by atoms with Gasteiger partial charge in [-0.3, -0.25) is 0 Å². The van der Waals surface area contributed by atoms with Gasteiger partial charge in [0.1, 0.15) is 4.90 Å². The largest absolute Gasteiger partial charge is 0.373 e. The maximum Gasteiger partial charge on any atom is 0.245 e. The summed E-state index contributed by atoms with van der Waals surface area (Å²) < 4.78 is 32.9. The minimum atomic E-state index is -3.70. The van der Waals surface area contributed by atoms with Gasteiger partial charge >= 0.3 is 0 Å². The van der Waals surface area contributed by atoms with E-state index in [1.54, 1.807) is 19.9 Å². The molecule has 2 atom stereocenters. The molecule has 0 bridgehead atoms. The van der Waals surface area contributed by atoms with Gasteiger partial charge in [-0.2, -0.15) is 4.31 Å². The van der Waals surface area contributed by atoms with E-state index >= 15 is 0 Å². The summed E-state index contributed by atoms with van der Waals surface area (Å²) >= 11 is 12.4. The van der Waals surface area contributed by atoms with Gasteiger partial charge in [-0.15, -0.1) is 0 Å². The molecule has 0 amide bonds. The molecular weight excluding hydrogens is 333 g/mol. The van der Waals surface area contributed by atoms with Crippen LogP contribution in [0, 0.1) is 13.8 Å². The zero-order chi connectivity index (χ0) is 15.9. The number of morpholine rings is 1. The van der Waals surface area contributed by atoms with Gasteiger partial charge in [0.2, 0.25) is 10.0 Å². The van der Waals surface area contributed by atoms with Gasteiger partial charge in [-0.05, 0) is 44.9 Å². The molecule has 1 fully saturated rings. The third kappa shape index (κ3) is 3.22. The number of benzene rings is 1. The molecule has 118 valence electrons. The summed E-state index contributed by atoms with van der Waals surface area (Å²) in [4.78, 5) is 0.107. The van der Waals surface area contributed by atoms with E-state index in [1.165, 1.54) is 4.31 Å². The van der Waals surface area contributed by atoms with Crippen molar-refractivity contribution in [3.63, 3.8) is 0 Å². The standard InChI is InChI=1S/C14H19Cl2NO3S/c1-8-5-12(15)11(4)14(13(8)16)21(18,19)17-6-9(2)20-10(3)7-17/h5,9-10H,6-7H2,1-4H3. The molecule has 4 nitrogen and oxygen atoms in total. The smallest absolute Gasteiger partial charge is 0.245 e. The molecule has 1 saturated heterocycles. The quantitative estimate of drug-likeness (QED) is 0.820. The Hall–Kier alpha value is -0.330. The fourth-order valence-corrected chi connectivity index (χ4v) is 5.33. The molecule has 0 N–H and O–H groups in total. The second kappa shape index (κ2) is 6.05. The van der Waals surface area contributed by atoms with E-state index in [0.717, 1.165) is 0 Å². The Morgan fingerprint density at radius 1 is 1.19 bits per heavy atom. The third-order valence-corrected chi connectivity index (χ3v) is 6.57. The average Bonchev–Trinajstić information content (AvgIpc) is 2.35. The molecule has 1 aromatic rings. The number of nitrogens with zero attached hydrogens (tertiary/aromatic N) is 1. The van der Waals surface area contributed by atoms with Crippen LogP contribution in [0.5, 0.6) is 0 Å². The van der Waals surface area contributed by atoms with Crippen molar-refractivity contribution in [2.24, 2.45) is 0 Å². The highest BCUT2D eigenvalue weighted by atomic mass is 35.5. The second-order valence-electron chi connectivity index (χ2n) is 5.52. The van der Waals surface area contributed by atoms with Crippen molar-refractivity contribution in [3.05, 3.63) is 27.2 Å². The Morgan fingerprint density at radius 2 is 1.71 bits per heavy atom. The summed E-state index contributed by atoms with van der Waals surface area (Å²) in [5.41, 5.74) is 1.14. The summed E-state index contributed by atoms with van der Waals surface area (Å²) in [6, 6.07) is 1.68. The van der Waals surface area contributed by atoms with Crippen LogP contribution in [-0.4, -0.2) is 38.0 Å². The minimum Gasteiger partial charge on any atom is -0.373 e. The van der Waals surface area contributed by atoms with Crippen molar-refractivity contribution >= 4 is 33.2 Å². The first-order chi connectivity index (χ1) is 9.64. The van der Waals surface area contributed by atoms with Gasteiger partial charge in [0.25, 0.3) is 0 Å². The molecule has 1 aliphatic heterocycles. The van der Waals surface area contributed by atoms with Crippen LogP contribution in [0.25, 0.3) is 0 Å². The first-order valence-electron chi connectivity index (χ1n) is 6.75. The fourth-order valence-electron chi connectivity index (χ4n) is 2.58. The molecule has 0 aliphatic carbocycles. The molecule has 2 rings (SSSR count). The zero-order valence-electron chi connectivity index (χ0n) is 12.5. The van der Waals surface area contributed by atoms with Crippen LogP contribution >= 0.6 is 23.2 Å². The van der Waals surface area contributed by atoms with E-state index in [-0.39, 0.29) is 22.1 Å². The lowest BCUT2D eigenvalue weighted by atomic mass is 10.2. The van der Waals surface area contributed by atoms with E-state index in [0.29, 0.717) is 29.2 Å². The Balaban J connectivity index is 2.55. The topological polar surface area (TPSA) is 46.6 Å². The molecule has 21 heavy (non-hydrogen) atoms. The van der Waals surface area contributed by atoms with Crippen LogP contribution in [0.2, 0.25) is 10.0 Å². The van der Waals surface area contributed by atoms with Gasteiger partial charge in [0.15, 0.2) is 0 Å². The van der Waals surface area contributed by atoms with Crippen LogP contribution < -0.4 is 0 Å². The highest BCUT2D eigenvalue weighted by Gasteiger charge is 2.35. The molecular formula is C14H19Cl2NO3S. The SMILES string of the molecule is Cc1cc(Cl)c(C)c(S(=O)(=O)N2CC(C)OC(C)C2)c1Cl. The third-order valence-electron chi connectivity index (χ3n) is 3.57. The number of ether oxygens (including phenoxy) is 1. The fraction of sp³-hybridized carbons (Fsp3) is 0.571. The molecule has 0 radical (unpaired) electrons. The Morgan fingerprint density at radius 3 is 2.24 bits per heavy atom. The number of sulfonamides is 1.